The minimum Gasteiger partial charge on any atom is -0.507 e. The van der Waals surface area contributed by atoms with Gasteiger partial charge in [0.2, 0.25) is 0 Å². The molecule has 0 spiro atoms. The van der Waals surface area contributed by atoms with E-state index in [1.54, 1.807) is 36.7 Å². The number of amidine groups is 1. The number of aliphatic hydroxyl groups is 1. The van der Waals surface area contributed by atoms with Gasteiger partial charge in [-0.05, 0) is 71.8 Å². The van der Waals surface area contributed by atoms with Crippen LogP contribution in [0, 0.1) is 10.8 Å². The molecule has 0 saturated carbocycles. The Morgan fingerprint density at radius 1 is 1.11 bits per heavy atom. The average Bonchev–Trinajstić information content (AvgIpc) is 2.88. The van der Waals surface area contributed by atoms with E-state index in [4.69, 9.17) is 11.6 Å². The van der Waals surface area contributed by atoms with E-state index in [2.05, 4.69) is 25.8 Å². The number of anilines is 1. The highest BCUT2D eigenvalue weighted by Crippen LogP contribution is 2.51. The Labute approximate surface area is 222 Å². The van der Waals surface area contributed by atoms with Gasteiger partial charge < -0.3 is 5.11 Å². The van der Waals surface area contributed by atoms with Crippen molar-refractivity contribution in [3.8, 4) is 0 Å². The molecule has 5 nitrogen and oxygen atoms in total. The second-order valence-corrected chi connectivity index (χ2v) is 10.9. The number of aliphatic hydroxyl groups excluding tert-OH is 1. The monoisotopic (exact) mass is 511 g/mol. The molecule has 3 aromatic rings. The van der Waals surface area contributed by atoms with Crippen LogP contribution < -0.4 is 4.90 Å². The molecular formula is C31H30ClN3O2. The van der Waals surface area contributed by atoms with Crippen LogP contribution in [-0.4, -0.2) is 21.7 Å². The highest BCUT2D eigenvalue weighted by molar-refractivity contribution is 6.30. The summed E-state index contributed by atoms with van der Waals surface area (Å²) in [6.07, 6.45) is 5.34. The molecule has 1 aliphatic carbocycles. The van der Waals surface area contributed by atoms with Crippen molar-refractivity contribution in [3.05, 3.63) is 112 Å². The van der Waals surface area contributed by atoms with Crippen molar-refractivity contribution < 1.29 is 9.90 Å². The summed E-state index contributed by atoms with van der Waals surface area (Å²) in [7, 11) is 0. The zero-order valence-electron chi connectivity index (χ0n) is 21.3. The SMILES string of the molecule is CCc1ccc(N2C(=N)/C(=C(/O)c3ccc(Cl)cc3)C(c3cccnc3)C3=C2CC(C)(C)CC3=O)cc1. The standard InChI is InChI=1S/C31H30ClN3O2/c1-4-19-7-13-23(14-8-19)35-24-16-31(2,3)17-25(36)27(24)26(21-6-5-15-34-18-21)28(30(35)33)29(37)20-9-11-22(32)12-10-20/h5-15,18,26,33,37H,4,16-17H2,1-3H3/b29-28+,33-30?. The van der Waals surface area contributed by atoms with Crippen molar-refractivity contribution in [2.24, 2.45) is 5.41 Å². The molecule has 0 radical (unpaired) electrons. The lowest BCUT2D eigenvalue weighted by molar-refractivity contribution is -0.118. The van der Waals surface area contributed by atoms with Crippen LogP contribution >= 0.6 is 11.6 Å². The molecule has 188 valence electrons. The zero-order valence-corrected chi connectivity index (χ0v) is 22.0. The number of carbonyl (C=O) groups is 1. The third-order valence-electron chi connectivity index (χ3n) is 7.22. The molecular weight excluding hydrogens is 482 g/mol. The third-order valence-corrected chi connectivity index (χ3v) is 7.47. The predicted octanol–water partition coefficient (Wildman–Crippen LogP) is 7.49. The van der Waals surface area contributed by atoms with Crippen molar-refractivity contribution in [1.29, 1.82) is 5.41 Å². The molecule has 5 rings (SSSR count). The Hall–Kier alpha value is -3.70. The smallest absolute Gasteiger partial charge is 0.162 e. The first kappa shape index (κ1) is 25.0. The van der Waals surface area contributed by atoms with E-state index in [1.807, 2.05) is 41.3 Å². The van der Waals surface area contributed by atoms with Gasteiger partial charge in [0, 0.05) is 57.8 Å². The van der Waals surface area contributed by atoms with Crippen molar-refractivity contribution in [2.75, 3.05) is 4.90 Å². The lowest BCUT2D eigenvalue weighted by Gasteiger charge is -2.45. The molecule has 0 saturated heterocycles. The summed E-state index contributed by atoms with van der Waals surface area (Å²) in [6.45, 7) is 6.28. The quantitative estimate of drug-likeness (QED) is 0.356. The van der Waals surface area contributed by atoms with Crippen LogP contribution in [0.4, 0.5) is 5.69 Å². The number of nitrogens with zero attached hydrogens (tertiary/aromatic N) is 2. The molecule has 0 fully saturated rings. The summed E-state index contributed by atoms with van der Waals surface area (Å²) in [5.74, 6) is -0.476. The van der Waals surface area contributed by atoms with Gasteiger partial charge in [0.15, 0.2) is 5.78 Å². The highest BCUT2D eigenvalue weighted by atomic mass is 35.5. The first-order valence-electron chi connectivity index (χ1n) is 12.5. The maximum Gasteiger partial charge on any atom is 0.162 e. The minimum absolute atomic E-state index is 0.0317. The summed E-state index contributed by atoms with van der Waals surface area (Å²) >= 11 is 6.11. The van der Waals surface area contributed by atoms with Crippen molar-refractivity contribution in [1.82, 2.24) is 4.98 Å². The summed E-state index contributed by atoms with van der Waals surface area (Å²) < 4.78 is 0. The van der Waals surface area contributed by atoms with Gasteiger partial charge >= 0.3 is 0 Å². The summed E-state index contributed by atoms with van der Waals surface area (Å²) in [6, 6.07) is 18.7. The van der Waals surface area contributed by atoms with Gasteiger partial charge in [-0.1, -0.05) is 50.6 Å². The molecule has 2 heterocycles. The van der Waals surface area contributed by atoms with Gasteiger partial charge in [-0.15, -0.1) is 0 Å². The second-order valence-electron chi connectivity index (χ2n) is 10.5. The van der Waals surface area contributed by atoms with Gasteiger partial charge in [0.25, 0.3) is 0 Å². The van der Waals surface area contributed by atoms with Gasteiger partial charge in [0.1, 0.15) is 11.6 Å². The van der Waals surface area contributed by atoms with Crippen LogP contribution in [0.5, 0.6) is 0 Å². The Kier molecular flexibility index (Phi) is 6.50. The van der Waals surface area contributed by atoms with Gasteiger partial charge in [-0.3, -0.25) is 20.1 Å². The van der Waals surface area contributed by atoms with E-state index in [0.717, 1.165) is 23.4 Å². The van der Waals surface area contributed by atoms with Crippen LogP contribution in [0.3, 0.4) is 0 Å². The van der Waals surface area contributed by atoms with Crippen LogP contribution in [-0.2, 0) is 11.2 Å². The number of aromatic nitrogens is 1. The Morgan fingerprint density at radius 3 is 2.43 bits per heavy atom. The molecule has 1 unspecified atom stereocenters. The topological polar surface area (TPSA) is 77.3 Å². The normalized spacial score (nSPS) is 20.6. The van der Waals surface area contributed by atoms with Crippen LogP contribution in [0.25, 0.3) is 5.76 Å². The van der Waals surface area contributed by atoms with Crippen molar-refractivity contribution >= 4 is 34.7 Å². The van der Waals surface area contributed by atoms with Crippen LogP contribution in [0.15, 0.2) is 89.9 Å². The maximum absolute atomic E-state index is 13.9. The molecule has 37 heavy (non-hydrogen) atoms. The maximum atomic E-state index is 13.9. The number of hydrogen-bond acceptors (Lipinski definition) is 4. The summed E-state index contributed by atoms with van der Waals surface area (Å²) in [5, 5.41) is 21.7. The molecule has 0 bridgehead atoms. The van der Waals surface area contributed by atoms with Crippen LogP contribution in [0.2, 0.25) is 5.02 Å². The average molecular weight is 512 g/mol. The number of ketones is 1. The number of allylic oxidation sites excluding steroid dienone is 2. The molecule has 6 heteroatoms. The third kappa shape index (κ3) is 4.60. The number of aryl methyl sites for hydroxylation is 1. The molecule has 0 amide bonds. The second kappa shape index (κ2) is 9.64. The van der Waals surface area contributed by atoms with E-state index in [1.165, 1.54) is 5.56 Å². The Morgan fingerprint density at radius 2 is 1.81 bits per heavy atom. The number of hydrogen-bond donors (Lipinski definition) is 2. The minimum atomic E-state index is -0.610. The van der Waals surface area contributed by atoms with Crippen molar-refractivity contribution in [3.63, 3.8) is 0 Å². The van der Waals surface area contributed by atoms with E-state index >= 15 is 0 Å². The highest BCUT2D eigenvalue weighted by Gasteiger charge is 2.46. The number of nitrogens with one attached hydrogen (secondary N) is 1. The first-order chi connectivity index (χ1) is 17.7. The number of carbonyl (C=O) groups excluding carboxylic acids is 1. The van der Waals surface area contributed by atoms with Crippen LogP contribution in [0.1, 0.15) is 56.2 Å². The van der Waals surface area contributed by atoms with E-state index in [0.29, 0.717) is 34.6 Å². The van der Waals surface area contributed by atoms with E-state index in [-0.39, 0.29) is 22.8 Å². The fraction of sp³-hybridized carbons (Fsp3) is 0.258. The fourth-order valence-corrected chi connectivity index (χ4v) is 5.55. The number of pyridine rings is 1. The molecule has 2 aromatic carbocycles. The first-order valence-corrected chi connectivity index (χ1v) is 12.9. The lowest BCUT2D eigenvalue weighted by atomic mass is 9.67. The van der Waals surface area contributed by atoms with Gasteiger partial charge in [-0.25, -0.2) is 0 Å². The number of halogens is 1. The molecule has 2 N–H and O–H groups in total. The molecule has 2 aliphatic rings. The Bertz CT molecular complexity index is 1420. The molecule has 1 aromatic heterocycles. The van der Waals surface area contributed by atoms with Crippen molar-refractivity contribution in [2.45, 2.75) is 46.0 Å². The lowest BCUT2D eigenvalue weighted by Crippen LogP contribution is -2.45. The Balaban J connectivity index is 1.82. The summed E-state index contributed by atoms with van der Waals surface area (Å²) in [5.41, 5.74) is 4.85. The molecule has 1 atom stereocenters. The van der Waals surface area contributed by atoms with Gasteiger partial charge in [-0.2, -0.15) is 0 Å². The fourth-order valence-electron chi connectivity index (χ4n) is 5.42. The number of rotatable bonds is 4. The molecule has 1 aliphatic heterocycles. The van der Waals surface area contributed by atoms with Gasteiger partial charge in [0.05, 0.1) is 0 Å². The van der Waals surface area contributed by atoms with E-state index < -0.39 is 5.92 Å². The zero-order chi connectivity index (χ0) is 26.3. The largest absolute Gasteiger partial charge is 0.507 e. The predicted molar refractivity (Wildman–Crippen MR) is 149 cm³/mol. The number of benzene rings is 2. The van der Waals surface area contributed by atoms with E-state index in [9.17, 15) is 15.3 Å². The summed E-state index contributed by atoms with van der Waals surface area (Å²) in [4.78, 5) is 20.0. The number of Topliss-reactive ketones (excluding diaryl/α,β-unsaturated/α-hetero) is 1.